The van der Waals surface area contributed by atoms with Crippen LogP contribution in [-0.4, -0.2) is 120 Å². The van der Waals surface area contributed by atoms with Gasteiger partial charge in [0.1, 0.15) is 59.5 Å². The van der Waals surface area contributed by atoms with Crippen LogP contribution in [0.25, 0.3) is 0 Å². The van der Waals surface area contributed by atoms with Crippen molar-refractivity contribution in [2.24, 2.45) is 5.92 Å². The highest BCUT2D eigenvalue weighted by Crippen LogP contribution is 2.16. The maximum absolute atomic E-state index is 14.5. The van der Waals surface area contributed by atoms with Crippen molar-refractivity contribution in [3.63, 3.8) is 0 Å². The molecule has 0 spiro atoms. The molecule has 11 N–H and O–H groups in total. The number of phenols is 3. The van der Waals surface area contributed by atoms with Crippen LogP contribution >= 0.6 is 25.3 Å². The SMILES string of the molecule is CC(C)C[C@@H]1NC(=O)[C@H](Cc2ccc(O)cc2)NC(=O)[C@H](CS)NC(=O)[C@H](CS)NC(=O)[C@H](Cc2ccc(O)cc2)NC(=O)[C@H](Cc2cnc[nH]2)NC(=O)[C@H](Cc2ccc(O)cc2)NC1=O. The van der Waals surface area contributed by atoms with Gasteiger partial charge in [-0.2, -0.15) is 25.3 Å². The van der Waals surface area contributed by atoms with Crippen molar-refractivity contribution in [3.05, 3.63) is 108 Å². The van der Waals surface area contributed by atoms with Gasteiger partial charge in [-0.25, -0.2) is 4.98 Å². The first kappa shape index (κ1) is 50.3. The third-order valence-electron chi connectivity index (χ3n) is 10.6. The normalized spacial score (nSPS) is 23.0. The van der Waals surface area contributed by atoms with E-state index in [0.717, 1.165) is 0 Å². The van der Waals surface area contributed by atoms with E-state index >= 15 is 0 Å². The van der Waals surface area contributed by atoms with Gasteiger partial charge in [0.25, 0.3) is 0 Å². The summed E-state index contributed by atoms with van der Waals surface area (Å²) in [5.41, 5.74) is 1.97. The Bertz CT molecular complexity index is 2300. The second kappa shape index (κ2) is 24.0. The van der Waals surface area contributed by atoms with Gasteiger partial charge in [-0.3, -0.25) is 33.6 Å². The van der Waals surface area contributed by atoms with Crippen LogP contribution in [0.1, 0.15) is 42.7 Å². The van der Waals surface area contributed by atoms with Crippen molar-refractivity contribution < 1.29 is 48.9 Å². The maximum atomic E-state index is 14.5. The average Bonchev–Trinajstić information content (AvgIpc) is 3.80. The molecule has 3 aromatic carbocycles. The molecule has 19 nitrogen and oxygen atoms in total. The second-order valence-corrected chi connectivity index (χ2v) is 17.0. The summed E-state index contributed by atoms with van der Waals surface area (Å²) in [7, 11) is 0. The van der Waals surface area contributed by atoms with Gasteiger partial charge in [0, 0.05) is 49.1 Å². The third-order valence-corrected chi connectivity index (χ3v) is 11.3. The average molecular weight is 946 g/mol. The van der Waals surface area contributed by atoms with Crippen LogP contribution < -0.4 is 37.2 Å². The number of carbonyl (C=O) groups excluding carboxylic acids is 7. The Morgan fingerprint density at radius 1 is 0.455 bits per heavy atom. The topological polar surface area (TPSA) is 293 Å². The Morgan fingerprint density at radius 3 is 1.05 bits per heavy atom. The quantitative estimate of drug-likeness (QED) is 0.0847. The van der Waals surface area contributed by atoms with Gasteiger partial charge in [-0.15, -0.1) is 0 Å². The summed E-state index contributed by atoms with van der Waals surface area (Å²) >= 11 is 8.58. The van der Waals surface area contributed by atoms with E-state index in [4.69, 9.17) is 0 Å². The summed E-state index contributed by atoms with van der Waals surface area (Å²) in [4.78, 5) is 106. The van der Waals surface area contributed by atoms with E-state index in [1.165, 1.54) is 61.1 Å². The lowest BCUT2D eigenvalue weighted by Gasteiger charge is -2.28. The number of nitrogens with one attached hydrogen (secondary N) is 8. The number of benzene rings is 3. The van der Waals surface area contributed by atoms with E-state index in [-0.39, 0.29) is 66.8 Å². The van der Waals surface area contributed by atoms with Crippen LogP contribution in [0, 0.1) is 5.92 Å². The molecule has 66 heavy (non-hydrogen) atoms. The first-order valence-electron chi connectivity index (χ1n) is 21.2. The Balaban J connectivity index is 1.59. The van der Waals surface area contributed by atoms with Crippen molar-refractivity contribution in [2.75, 3.05) is 11.5 Å². The number of nitrogens with zero attached hydrogens (tertiary/aromatic N) is 1. The lowest BCUT2D eigenvalue weighted by molar-refractivity contribution is -0.135. The van der Waals surface area contributed by atoms with Crippen LogP contribution in [0.4, 0.5) is 0 Å². The van der Waals surface area contributed by atoms with Crippen molar-refractivity contribution in [3.8, 4) is 17.2 Å². The number of hydrogen-bond acceptors (Lipinski definition) is 13. The summed E-state index contributed by atoms with van der Waals surface area (Å²) in [5, 5.41) is 48.6. The number of imidazole rings is 1. The fourth-order valence-corrected chi connectivity index (χ4v) is 7.57. The Morgan fingerprint density at radius 2 is 0.742 bits per heavy atom. The molecule has 0 bridgehead atoms. The molecule has 352 valence electrons. The standard InChI is InChI=1S/C45H55N9O10S2/c1-24(2)15-32-39(58)49-33(16-25-3-9-29(55)10-4-25)41(60)52-36(19-28-20-46-23-47-28)43(62)50-35(18-27-7-13-31(57)14-8-27)42(61)53-38(22-66)45(64)54-37(21-65)44(63)51-34(40(59)48-32)17-26-5-11-30(56)12-6-26/h3-14,20,23-24,32-38,55-57,65-66H,15-19,21-22H2,1-2H3,(H,46,47)(H,48,59)(H,49,58)(H,50,62)(H,51,63)(H,52,60)(H,53,61)(H,54,64)/t32-,33-,34-,35-,36-,37-,38-/m0/s1. The predicted molar refractivity (Wildman–Crippen MR) is 248 cm³/mol. The molecule has 2 heterocycles. The molecule has 1 saturated heterocycles. The van der Waals surface area contributed by atoms with E-state index in [0.29, 0.717) is 22.4 Å². The molecular formula is C45H55N9O10S2. The molecule has 7 atom stereocenters. The summed E-state index contributed by atoms with van der Waals surface area (Å²) < 4.78 is 0. The number of rotatable bonds is 12. The predicted octanol–water partition coefficient (Wildman–Crippen LogP) is 0.110. The Labute approximate surface area is 391 Å². The largest absolute Gasteiger partial charge is 0.508 e. The van der Waals surface area contributed by atoms with Crippen LogP contribution in [0.15, 0.2) is 85.3 Å². The van der Waals surface area contributed by atoms with E-state index in [2.05, 4.69) is 72.4 Å². The molecule has 0 unspecified atom stereocenters. The second-order valence-electron chi connectivity index (χ2n) is 16.3. The van der Waals surface area contributed by atoms with Gasteiger partial charge in [0.15, 0.2) is 0 Å². The number of aromatic hydroxyl groups is 3. The monoisotopic (exact) mass is 945 g/mol. The lowest BCUT2D eigenvalue weighted by Crippen LogP contribution is -2.60. The molecule has 7 amide bonds. The number of aromatic amines is 1. The number of aromatic nitrogens is 2. The van der Waals surface area contributed by atoms with E-state index < -0.39 is 83.6 Å². The molecular weight excluding hydrogens is 891 g/mol. The maximum Gasteiger partial charge on any atom is 0.244 e. The van der Waals surface area contributed by atoms with Crippen molar-refractivity contribution in [1.29, 1.82) is 0 Å². The zero-order valence-corrected chi connectivity index (χ0v) is 38.0. The molecule has 0 radical (unpaired) electrons. The fraction of sp³-hybridized carbons (Fsp3) is 0.378. The van der Waals surface area contributed by atoms with Crippen molar-refractivity contribution >= 4 is 66.6 Å². The Hall–Kier alpha value is -6.74. The number of hydrogen-bond donors (Lipinski definition) is 13. The molecule has 4 aromatic rings. The zero-order valence-electron chi connectivity index (χ0n) is 36.2. The van der Waals surface area contributed by atoms with Crippen LogP contribution in [-0.2, 0) is 59.2 Å². The Kier molecular flexibility index (Phi) is 18.3. The van der Waals surface area contributed by atoms with Crippen molar-refractivity contribution in [2.45, 2.75) is 88.2 Å². The first-order chi connectivity index (χ1) is 31.5. The number of H-pyrrole nitrogens is 1. The van der Waals surface area contributed by atoms with Crippen molar-refractivity contribution in [1.82, 2.24) is 47.2 Å². The summed E-state index contributed by atoms with van der Waals surface area (Å²) in [6.07, 6.45) is 2.33. The summed E-state index contributed by atoms with van der Waals surface area (Å²) in [5.74, 6) is -6.55. The highest BCUT2D eigenvalue weighted by atomic mass is 32.1. The number of carbonyl (C=O) groups is 7. The van der Waals surface area contributed by atoms with Gasteiger partial charge >= 0.3 is 0 Å². The summed E-state index contributed by atoms with van der Waals surface area (Å²) in [6.45, 7) is 3.64. The lowest BCUT2D eigenvalue weighted by atomic mass is 9.99. The number of amides is 7. The molecule has 0 saturated carbocycles. The smallest absolute Gasteiger partial charge is 0.244 e. The van der Waals surface area contributed by atoms with Gasteiger partial charge in [-0.1, -0.05) is 50.2 Å². The zero-order chi connectivity index (χ0) is 47.9. The molecule has 1 aliphatic heterocycles. The van der Waals surface area contributed by atoms with E-state index in [1.807, 2.05) is 13.8 Å². The van der Waals surface area contributed by atoms with Gasteiger partial charge in [0.2, 0.25) is 41.4 Å². The van der Waals surface area contributed by atoms with Crippen LogP contribution in [0.5, 0.6) is 17.2 Å². The molecule has 1 fully saturated rings. The van der Waals surface area contributed by atoms with Gasteiger partial charge < -0.3 is 57.5 Å². The molecule has 5 rings (SSSR count). The highest BCUT2D eigenvalue weighted by molar-refractivity contribution is 7.80. The number of thiol groups is 2. The van der Waals surface area contributed by atoms with Gasteiger partial charge in [-0.05, 0) is 65.4 Å². The van der Waals surface area contributed by atoms with Crippen LogP contribution in [0.3, 0.4) is 0 Å². The summed E-state index contributed by atoms with van der Waals surface area (Å²) in [6, 6.07) is 8.16. The third kappa shape index (κ3) is 14.9. The minimum Gasteiger partial charge on any atom is -0.508 e. The van der Waals surface area contributed by atoms with Gasteiger partial charge in [0.05, 0.1) is 6.33 Å². The number of phenolic OH excluding ortho intramolecular Hbond substituents is 3. The molecule has 21 heteroatoms. The minimum absolute atomic E-state index is 0.0400. The van der Waals surface area contributed by atoms with Crippen LogP contribution in [0.2, 0.25) is 0 Å². The molecule has 1 aromatic heterocycles. The fourth-order valence-electron chi connectivity index (χ4n) is 7.05. The molecule has 1 aliphatic rings. The van der Waals surface area contributed by atoms with E-state index in [1.54, 1.807) is 24.3 Å². The highest BCUT2D eigenvalue weighted by Gasteiger charge is 2.36. The molecule has 0 aliphatic carbocycles. The first-order valence-corrected chi connectivity index (χ1v) is 22.4. The minimum atomic E-state index is -1.40. The van der Waals surface area contributed by atoms with E-state index in [9.17, 15) is 48.9 Å².